The summed E-state index contributed by atoms with van der Waals surface area (Å²) in [5.41, 5.74) is 0. The maximum Gasteiger partial charge on any atom is 0.106 e. The fraction of sp³-hybridized carbons (Fsp3) is 1.00. The van der Waals surface area contributed by atoms with Crippen molar-refractivity contribution in [3.8, 4) is 0 Å². The Balaban J connectivity index is 3.70. The molecule has 4 nitrogen and oxygen atoms in total. The molecule has 0 amide bonds. The van der Waals surface area contributed by atoms with Crippen LogP contribution in [0.5, 0.6) is 0 Å². The highest BCUT2D eigenvalue weighted by Crippen LogP contribution is 1.98. The van der Waals surface area contributed by atoms with E-state index in [1.165, 1.54) is 0 Å². The molecule has 0 saturated carbocycles. The molecule has 68 valence electrons. The second-order valence-electron chi connectivity index (χ2n) is 2.61. The zero-order chi connectivity index (χ0) is 8.85. The van der Waals surface area contributed by atoms with E-state index in [0.29, 0.717) is 6.54 Å². The van der Waals surface area contributed by atoms with E-state index in [2.05, 4.69) is 5.32 Å². The van der Waals surface area contributed by atoms with Gasteiger partial charge in [0, 0.05) is 13.1 Å². The molecule has 0 aromatic rings. The molecular formula is C7H18N2O2. The monoisotopic (exact) mass is 162 g/mol. The molecule has 0 heterocycles. The lowest BCUT2D eigenvalue weighted by Crippen LogP contribution is -2.43. The van der Waals surface area contributed by atoms with Gasteiger partial charge in [-0.25, -0.2) is 0 Å². The maximum absolute atomic E-state index is 9.15. The lowest BCUT2D eigenvalue weighted by atomic mass is 10.4. The molecule has 0 aliphatic heterocycles. The van der Waals surface area contributed by atoms with Crippen LogP contribution in [-0.2, 0) is 0 Å². The molecule has 0 aromatic carbocycles. The lowest BCUT2D eigenvalue weighted by molar-refractivity contribution is -0.0826. The normalized spacial score (nSPS) is 16.9. The molecule has 0 saturated heterocycles. The zero-order valence-corrected chi connectivity index (χ0v) is 7.41. The summed E-state index contributed by atoms with van der Waals surface area (Å²) >= 11 is 0. The summed E-state index contributed by atoms with van der Waals surface area (Å²) in [6.45, 7) is 4.69. The van der Waals surface area contributed by atoms with Gasteiger partial charge in [0.15, 0.2) is 0 Å². The van der Waals surface area contributed by atoms with Gasteiger partial charge in [-0.1, -0.05) is 0 Å². The minimum atomic E-state index is -0.594. The Morgan fingerprint density at radius 1 is 1.27 bits per heavy atom. The Bertz CT molecular complexity index is 88.4. The molecule has 2 atom stereocenters. The van der Waals surface area contributed by atoms with E-state index in [1.807, 2.05) is 7.05 Å². The third-order valence-electron chi connectivity index (χ3n) is 1.58. The Morgan fingerprint density at radius 2 is 1.73 bits per heavy atom. The second kappa shape index (κ2) is 5.49. The van der Waals surface area contributed by atoms with Crippen molar-refractivity contribution in [3.63, 3.8) is 0 Å². The third-order valence-corrected chi connectivity index (χ3v) is 1.58. The summed E-state index contributed by atoms with van der Waals surface area (Å²) in [5, 5.41) is 21.2. The van der Waals surface area contributed by atoms with Gasteiger partial charge in [-0.15, -0.1) is 0 Å². The van der Waals surface area contributed by atoms with Gasteiger partial charge in [-0.3, -0.25) is 4.90 Å². The first kappa shape index (κ1) is 10.8. The quantitative estimate of drug-likeness (QED) is 0.463. The van der Waals surface area contributed by atoms with E-state index >= 15 is 0 Å². The largest absolute Gasteiger partial charge is 0.379 e. The van der Waals surface area contributed by atoms with Gasteiger partial charge < -0.3 is 15.5 Å². The van der Waals surface area contributed by atoms with Crippen molar-refractivity contribution in [2.45, 2.75) is 26.3 Å². The van der Waals surface area contributed by atoms with Gasteiger partial charge in [-0.05, 0) is 20.9 Å². The van der Waals surface area contributed by atoms with Crippen molar-refractivity contribution in [1.82, 2.24) is 10.2 Å². The minimum Gasteiger partial charge on any atom is -0.379 e. The van der Waals surface area contributed by atoms with Crippen LogP contribution in [0, 0.1) is 0 Å². The van der Waals surface area contributed by atoms with Crippen LogP contribution in [0.1, 0.15) is 13.8 Å². The van der Waals surface area contributed by atoms with Crippen LogP contribution < -0.4 is 5.32 Å². The molecule has 0 radical (unpaired) electrons. The average molecular weight is 162 g/mol. The van der Waals surface area contributed by atoms with E-state index in [1.54, 1.807) is 18.7 Å². The van der Waals surface area contributed by atoms with E-state index in [4.69, 9.17) is 10.2 Å². The van der Waals surface area contributed by atoms with Gasteiger partial charge in [0.2, 0.25) is 0 Å². The minimum absolute atomic E-state index is 0.594. The van der Waals surface area contributed by atoms with E-state index in [9.17, 15) is 0 Å². The molecule has 2 unspecified atom stereocenters. The number of aliphatic hydroxyl groups excluding tert-OH is 2. The number of likely N-dealkylation sites (N-methyl/N-ethyl adjacent to an activating group) is 1. The maximum atomic E-state index is 9.15. The number of nitrogens with one attached hydrogen (secondary N) is 1. The molecule has 0 aliphatic rings. The van der Waals surface area contributed by atoms with Crippen molar-refractivity contribution < 1.29 is 10.2 Å². The Kier molecular flexibility index (Phi) is 5.41. The molecule has 0 fully saturated rings. The molecule has 0 aliphatic carbocycles. The van der Waals surface area contributed by atoms with Crippen LogP contribution in [0.2, 0.25) is 0 Å². The SMILES string of the molecule is CNCCN(C(C)O)C(C)O. The number of aliphatic hydroxyl groups is 2. The molecular weight excluding hydrogens is 144 g/mol. The molecule has 4 heteroatoms. The fourth-order valence-electron chi connectivity index (χ4n) is 0.927. The van der Waals surface area contributed by atoms with E-state index in [-0.39, 0.29) is 0 Å². The van der Waals surface area contributed by atoms with Crippen molar-refractivity contribution >= 4 is 0 Å². The van der Waals surface area contributed by atoms with E-state index in [0.717, 1.165) is 6.54 Å². The summed E-state index contributed by atoms with van der Waals surface area (Å²) in [7, 11) is 1.84. The zero-order valence-electron chi connectivity index (χ0n) is 7.41. The van der Waals surface area contributed by atoms with Gasteiger partial charge in [-0.2, -0.15) is 0 Å². The van der Waals surface area contributed by atoms with Gasteiger partial charge in [0.1, 0.15) is 12.5 Å². The number of hydrogen-bond acceptors (Lipinski definition) is 4. The summed E-state index contributed by atoms with van der Waals surface area (Å²) in [6.07, 6.45) is -1.19. The summed E-state index contributed by atoms with van der Waals surface area (Å²) < 4.78 is 0. The van der Waals surface area contributed by atoms with Crippen molar-refractivity contribution in [3.05, 3.63) is 0 Å². The smallest absolute Gasteiger partial charge is 0.106 e. The fourth-order valence-corrected chi connectivity index (χ4v) is 0.927. The second-order valence-corrected chi connectivity index (χ2v) is 2.61. The first-order chi connectivity index (χ1) is 5.09. The first-order valence-electron chi connectivity index (χ1n) is 3.86. The molecule has 0 bridgehead atoms. The summed E-state index contributed by atoms with van der Waals surface area (Å²) in [4.78, 5) is 1.59. The van der Waals surface area contributed by atoms with Gasteiger partial charge in [0.05, 0.1) is 0 Å². The highest BCUT2D eigenvalue weighted by Gasteiger charge is 2.14. The van der Waals surface area contributed by atoms with Crippen molar-refractivity contribution in [1.29, 1.82) is 0 Å². The Labute approximate surface area is 67.8 Å². The van der Waals surface area contributed by atoms with E-state index < -0.39 is 12.5 Å². The van der Waals surface area contributed by atoms with Gasteiger partial charge in [0.25, 0.3) is 0 Å². The molecule has 11 heavy (non-hydrogen) atoms. The molecule has 0 rings (SSSR count). The summed E-state index contributed by atoms with van der Waals surface area (Å²) in [6, 6.07) is 0. The van der Waals surface area contributed by atoms with Crippen molar-refractivity contribution in [2.75, 3.05) is 20.1 Å². The highest BCUT2D eigenvalue weighted by atomic mass is 16.3. The van der Waals surface area contributed by atoms with Crippen LogP contribution in [-0.4, -0.2) is 47.7 Å². The molecule has 3 N–H and O–H groups in total. The first-order valence-corrected chi connectivity index (χ1v) is 3.86. The Morgan fingerprint density at radius 3 is 2.00 bits per heavy atom. The number of rotatable bonds is 5. The summed E-state index contributed by atoms with van der Waals surface area (Å²) in [5.74, 6) is 0. The van der Waals surface area contributed by atoms with Crippen LogP contribution in [0.15, 0.2) is 0 Å². The number of nitrogens with zero attached hydrogens (tertiary/aromatic N) is 1. The van der Waals surface area contributed by atoms with Crippen LogP contribution >= 0.6 is 0 Å². The molecule has 0 spiro atoms. The standard InChI is InChI=1S/C7H18N2O2/c1-6(10)9(7(2)11)5-4-8-3/h6-8,10-11H,4-5H2,1-3H3. The van der Waals surface area contributed by atoms with Crippen LogP contribution in [0.3, 0.4) is 0 Å². The predicted molar refractivity (Wildman–Crippen MR) is 44.0 cm³/mol. The average Bonchev–Trinajstić information content (AvgIpc) is 1.87. The lowest BCUT2D eigenvalue weighted by Gasteiger charge is -2.27. The Hall–Kier alpha value is -0.160. The topological polar surface area (TPSA) is 55.7 Å². The third kappa shape index (κ3) is 4.31. The van der Waals surface area contributed by atoms with Crippen LogP contribution in [0.25, 0.3) is 0 Å². The van der Waals surface area contributed by atoms with Crippen molar-refractivity contribution in [2.24, 2.45) is 0 Å². The van der Waals surface area contributed by atoms with Gasteiger partial charge >= 0.3 is 0 Å². The predicted octanol–water partition coefficient (Wildman–Crippen LogP) is -0.816. The molecule has 0 aromatic heterocycles. The highest BCUT2D eigenvalue weighted by molar-refractivity contribution is 4.59. The van der Waals surface area contributed by atoms with Crippen LogP contribution in [0.4, 0.5) is 0 Å². The number of hydrogen-bond donors (Lipinski definition) is 3.